The molecule has 7 heteroatoms. The number of rotatable bonds is 3. The van der Waals surface area contributed by atoms with Gasteiger partial charge in [0.05, 0.1) is 12.6 Å². The fourth-order valence-electron chi connectivity index (χ4n) is 4.17. The molecular formula is C19H25N5O2. The maximum Gasteiger partial charge on any atom is 0.324 e. The van der Waals surface area contributed by atoms with Crippen molar-refractivity contribution in [3.05, 3.63) is 42.2 Å². The van der Waals surface area contributed by atoms with Crippen LogP contribution in [-0.2, 0) is 4.74 Å². The van der Waals surface area contributed by atoms with Gasteiger partial charge in [0.15, 0.2) is 0 Å². The molecule has 0 unspecified atom stereocenters. The molecule has 1 aromatic heterocycles. The highest BCUT2D eigenvalue weighted by Crippen LogP contribution is 2.41. The molecule has 2 fully saturated rings. The van der Waals surface area contributed by atoms with Crippen molar-refractivity contribution in [3.8, 4) is 0 Å². The van der Waals surface area contributed by atoms with Gasteiger partial charge < -0.3 is 9.64 Å². The molecule has 7 nitrogen and oxygen atoms in total. The summed E-state index contributed by atoms with van der Waals surface area (Å²) in [5.41, 5.74) is 1.27. The van der Waals surface area contributed by atoms with Crippen molar-refractivity contribution in [2.75, 3.05) is 25.1 Å². The molecule has 26 heavy (non-hydrogen) atoms. The first-order chi connectivity index (χ1) is 12.6. The average molecular weight is 355 g/mol. The number of amides is 2. The summed E-state index contributed by atoms with van der Waals surface area (Å²) in [7, 11) is 0. The van der Waals surface area contributed by atoms with Crippen LogP contribution in [0, 0.1) is 5.92 Å². The fraction of sp³-hybridized carbons (Fsp3) is 0.526. The van der Waals surface area contributed by atoms with E-state index < -0.39 is 0 Å². The number of ether oxygens (including phenoxy) is 1. The molecule has 2 aliphatic heterocycles. The van der Waals surface area contributed by atoms with Gasteiger partial charge in [-0.2, -0.15) is 10.1 Å². The van der Waals surface area contributed by atoms with Crippen LogP contribution in [0.5, 0.6) is 0 Å². The number of nitrogens with one attached hydrogen (secondary N) is 1. The van der Waals surface area contributed by atoms with Gasteiger partial charge in [0.25, 0.3) is 0 Å². The number of fused-ring (bicyclic) bond motifs is 1. The van der Waals surface area contributed by atoms with E-state index in [2.05, 4.69) is 39.7 Å². The Morgan fingerprint density at radius 3 is 2.88 bits per heavy atom. The lowest BCUT2D eigenvalue weighted by Crippen LogP contribution is -2.44. The topological polar surface area (TPSA) is 72.3 Å². The van der Waals surface area contributed by atoms with E-state index in [0.717, 1.165) is 6.42 Å². The summed E-state index contributed by atoms with van der Waals surface area (Å²) in [5.74, 6) is 1.13. The van der Waals surface area contributed by atoms with E-state index >= 15 is 0 Å². The van der Waals surface area contributed by atoms with Crippen LogP contribution in [0.3, 0.4) is 0 Å². The molecule has 0 spiro atoms. The zero-order valence-electron chi connectivity index (χ0n) is 15.2. The summed E-state index contributed by atoms with van der Waals surface area (Å²) < 4.78 is 7.46. The summed E-state index contributed by atoms with van der Waals surface area (Å²) >= 11 is 0. The van der Waals surface area contributed by atoms with Crippen LogP contribution < -0.4 is 5.32 Å². The highest BCUT2D eigenvalue weighted by Gasteiger charge is 2.46. The minimum absolute atomic E-state index is 0.102. The van der Waals surface area contributed by atoms with Gasteiger partial charge in [0.2, 0.25) is 5.95 Å². The second-order valence-corrected chi connectivity index (χ2v) is 7.32. The number of likely N-dealkylation sites (tertiary alicyclic amines) is 1. The van der Waals surface area contributed by atoms with E-state index in [9.17, 15) is 4.79 Å². The Hall–Kier alpha value is -2.41. The molecule has 3 heterocycles. The smallest absolute Gasteiger partial charge is 0.324 e. The molecule has 2 amide bonds. The first kappa shape index (κ1) is 17.0. The van der Waals surface area contributed by atoms with Gasteiger partial charge in [0.1, 0.15) is 6.33 Å². The molecular weight excluding hydrogens is 330 g/mol. The first-order valence-electron chi connectivity index (χ1n) is 9.25. The lowest BCUT2D eigenvalue weighted by molar-refractivity contribution is 0.0272. The summed E-state index contributed by atoms with van der Waals surface area (Å²) in [6, 6.07) is 10.7. The van der Waals surface area contributed by atoms with Gasteiger partial charge in [0, 0.05) is 31.0 Å². The Morgan fingerprint density at radius 1 is 1.31 bits per heavy atom. The SMILES string of the molecule is CC(C)n1ncnc1NC(=O)N1C[C@H](c2ccccc2)[C@@H]2COCC[C@H]21. The number of anilines is 1. The maximum absolute atomic E-state index is 13.0. The Kier molecular flexibility index (Phi) is 4.63. The van der Waals surface area contributed by atoms with Gasteiger partial charge in [-0.05, 0) is 25.8 Å². The molecule has 1 N–H and O–H groups in total. The molecule has 0 bridgehead atoms. The Morgan fingerprint density at radius 2 is 2.12 bits per heavy atom. The molecule has 0 aliphatic carbocycles. The lowest BCUT2D eigenvalue weighted by atomic mass is 9.84. The van der Waals surface area contributed by atoms with Crippen molar-refractivity contribution < 1.29 is 9.53 Å². The van der Waals surface area contributed by atoms with Crippen molar-refractivity contribution in [1.29, 1.82) is 0 Å². The number of benzene rings is 1. The molecule has 1 aromatic carbocycles. The lowest BCUT2D eigenvalue weighted by Gasteiger charge is -2.32. The minimum atomic E-state index is -0.102. The van der Waals surface area contributed by atoms with Gasteiger partial charge >= 0.3 is 6.03 Å². The Labute approximate surface area is 153 Å². The maximum atomic E-state index is 13.0. The molecule has 0 radical (unpaired) electrons. The highest BCUT2D eigenvalue weighted by molar-refractivity contribution is 5.88. The second-order valence-electron chi connectivity index (χ2n) is 7.32. The normalized spacial score (nSPS) is 25.3. The molecule has 138 valence electrons. The van der Waals surface area contributed by atoms with Crippen molar-refractivity contribution in [2.24, 2.45) is 5.92 Å². The molecule has 4 rings (SSSR count). The first-order valence-corrected chi connectivity index (χ1v) is 9.25. The predicted molar refractivity (Wildman–Crippen MR) is 98.0 cm³/mol. The Bertz CT molecular complexity index is 760. The molecule has 2 aliphatic rings. The highest BCUT2D eigenvalue weighted by atomic mass is 16.5. The van der Waals surface area contributed by atoms with Crippen LogP contribution in [0.2, 0.25) is 0 Å². The largest absolute Gasteiger partial charge is 0.381 e. The van der Waals surface area contributed by atoms with Crippen LogP contribution in [0.25, 0.3) is 0 Å². The summed E-state index contributed by atoms with van der Waals surface area (Å²) in [6.07, 6.45) is 2.35. The zero-order valence-corrected chi connectivity index (χ0v) is 15.2. The van der Waals surface area contributed by atoms with Crippen LogP contribution in [0.4, 0.5) is 10.7 Å². The van der Waals surface area contributed by atoms with Crippen LogP contribution >= 0.6 is 0 Å². The third kappa shape index (κ3) is 3.07. The van der Waals surface area contributed by atoms with E-state index in [1.807, 2.05) is 24.8 Å². The standard InChI is InChI=1S/C19H25N5O2/c1-13(2)24-18(20-12-21-24)22-19(25)23-10-15(14-6-4-3-5-7-14)16-11-26-9-8-17(16)23/h3-7,12-13,15-17H,8-11H2,1-2H3,(H,20,21,22,25)/t15-,16+,17-/m1/s1. The van der Waals surface area contributed by atoms with Crippen LogP contribution in [0.1, 0.15) is 37.8 Å². The summed E-state index contributed by atoms with van der Waals surface area (Å²) in [6.45, 7) is 6.13. The van der Waals surface area contributed by atoms with E-state index in [-0.39, 0.29) is 18.1 Å². The van der Waals surface area contributed by atoms with E-state index in [4.69, 9.17) is 4.74 Å². The van der Waals surface area contributed by atoms with Crippen LogP contribution in [-0.4, -0.2) is 51.5 Å². The van der Waals surface area contributed by atoms with Crippen molar-refractivity contribution >= 4 is 12.0 Å². The summed E-state index contributed by atoms with van der Waals surface area (Å²) in [5, 5.41) is 7.15. The predicted octanol–water partition coefficient (Wildman–Crippen LogP) is 2.90. The van der Waals surface area contributed by atoms with Crippen molar-refractivity contribution in [1.82, 2.24) is 19.7 Å². The summed E-state index contributed by atoms with van der Waals surface area (Å²) in [4.78, 5) is 19.2. The Balaban J connectivity index is 1.55. The third-order valence-electron chi connectivity index (χ3n) is 5.44. The number of hydrogen-bond acceptors (Lipinski definition) is 4. The van der Waals surface area contributed by atoms with Crippen molar-refractivity contribution in [2.45, 2.75) is 38.3 Å². The number of aromatic nitrogens is 3. The van der Waals surface area contributed by atoms with E-state index in [0.29, 0.717) is 37.5 Å². The molecule has 2 saturated heterocycles. The monoisotopic (exact) mass is 355 g/mol. The third-order valence-corrected chi connectivity index (χ3v) is 5.44. The molecule has 2 aromatic rings. The molecule has 3 atom stereocenters. The van der Waals surface area contributed by atoms with Gasteiger partial charge in [-0.1, -0.05) is 30.3 Å². The second kappa shape index (κ2) is 7.07. The van der Waals surface area contributed by atoms with Crippen molar-refractivity contribution in [3.63, 3.8) is 0 Å². The number of hydrogen-bond donors (Lipinski definition) is 1. The zero-order chi connectivity index (χ0) is 18.1. The van der Waals surface area contributed by atoms with Gasteiger partial charge in [-0.15, -0.1) is 0 Å². The number of urea groups is 1. The fourth-order valence-corrected chi connectivity index (χ4v) is 4.17. The van der Waals surface area contributed by atoms with Gasteiger partial charge in [-0.3, -0.25) is 5.32 Å². The van der Waals surface area contributed by atoms with Crippen LogP contribution in [0.15, 0.2) is 36.7 Å². The quantitative estimate of drug-likeness (QED) is 0.919. The molecule has 0 saturated carbocycles. The van der Waals surface area contributed by atoms with E-state index in [1.165, 1.54) is 11.9 Å². The average Bonchev–Trinajstić information content (AvgIpc) is 3.27. The number of carbonyl (C=O) groups excluding carboxylic acids is 1. The van der Waals surface area contributed by atoms with Gasteiger partial charge in [-0.25, -0.2) is 9.48 Å². The number of carbonyl (C=O) groups is 1. The minimum Gasteiger partial charge on any atom is -0.381 e. The number of nitrogens with zero attached hydrogens (tertiary/aromatic N) is 4. The van der Waals surface area contributed by atoms with E-state index in [1.54, 1.807) is 4.68 Å².